The third-order valence-corrected chi connectivity index (χ3v) is 4.90. The van der Waals surface area contributed by atoms with Gasteiger partial charge in [0.2, 0.25) is 0 Å². The average molecular weight is 332 g/mol. The average Bonchev–Trinajstić information content (AvgIpc) is 2.97. The number of anilines is 1. The first kappa shape index (κ1) is 15.9. The molecule has 2 aliphatic heterocycles. The Morgan fingerprint density at radius 2 is 1.91 bits per heavy atom. The summed E-state index contributed by atoms with van der Waals surface area (Å²) in [6.45, 7) is 5.81. The Bertz CT molecular complexity index is 642. The second kappa shape index (κ2) is 7.08. The largest absolute Gasteiger partial charge is 0.441 e. The number of hydrogen-bond donors (Lipinski definition) is 0. The Labute approximate surface area is 140 Å². The van der Waals surface area contributed by atoms with Gasteiger partial charge in [0.15, 0.2) is 5.88 Å². The number of amides is 2. The van der Waals surface area contributed by atoms with Crippen LogP contribution in [0.1, 0.15) is 31.4 Å². The first-order chi connectivity index (χ1) is 11.2. The fraction of sp³-hybridized carbons (Fsp3) is 0.412. The van der Waals surface area contributed by atoms with Gasteiger partial charge in [-0.25, -0.2) is 0 Å². The Balaban J connectivity index is 1.74. The molecule has 0 atom stereocenters. The second-order valence-electron chi connectivity index (χ2n) is 5.66. The molecule has 2 aliphatic rings. The van der Waals surface area contributed by atoms with Crippen LogP contribution in [0.25, 0.3) is 6.08 Å². The van der Waals surface area contributed by atoms with Gasteiger partial charge in [0, 0.05) is 31.8 Å². The summed E-state index contributed by atoms with van der Waals surface area (Å²) in [5, 5.41) is -0.263. The van der Waals surface area contributed by atoms with Crippen molar-refractivity contribution in [3.63, 3.8) is 0 Å². The molecule has 0 bridgehead atoms. The van der Waals surface area contributed by atoms with Crippen LogP contribution in [0.3, 0.4) is 0 Å². The van der Waals surface area contributed by atoms with Crippen molar-refractivity contribution in [2.24, 2.45) is 0 Å². The van der Waals surface area contributed by atoms with Crippen molar-refractivity contribution in [3.8, 4) is 0 Å². The number of imide groups is 1. The van der Waals surface area contributed by atoms with Crippen LogP contribution < -0.4 is 4.90 Å². The second-order valence-corrected chi connectivity index (χ2v) is 6.65. The lowest BCUT2D eigenvalue weighted by Gasteiger charge is -2.18. The minimum Gasteiger partial charge on any atom is -0.441 e. The van der Waals surface area contributed by atoms with E-state index < -0.39 is 0 Å². The van der Waals surface area contributed by atoms with E-state index in [1.807, 2.05) is 12.1 Å². The van der Waals surface area contributed by atoms with Gasteiger partial charge >= 0.3 is 0 Å². The van der Waals surface area contributed by atoms with Crippen molar-refractivity contribution < 1.29 is 14.0 Å². The normalized spacial score (nSPS) is 21.1. The highest BCUT2D eigenvalue weighted by molar-refractivity contribution is 8.18. The van der Waals surface area contributed by atoms with Crippen LogP contribution in [0.4, 0.5) is 10.7 Å². The smallest absolute Gasteiger partial charge is 0.293 e. The lowest BCUT2D eigenvalue weighted by molar-refractivity contribution is -0.122. The number of hydrogen-bond acceptors (Lipinski definition) is 5. The summed E-state index contributed by atoms with van der Waals surface area (Å²) < 4.78 is 5.85. The van der Waals surface area contributed by atoms with Gasteiger partial charge < -0.3 is 9.32 Å². The van der Waals surface area contributed by atoms with Crippen LogP contribution in [0.15, 0.2) is 34.1 Å². The quantitative estimate of drug-likeness (QED) is 0.618. The van der Waals surface area contributed by atoms with E-state index in [0.717, 1.165) is 30.7 Å². The fourth-order valence-corrected chi connectivity index (χ4v) is 3.62. The van der Waals surface area contributed by atoms with Gasteiger partial charge in [0.25, 0.3) is 11.1 Å². The topological polar surface area (TPSA) is 53.8 Å². The van der Waals surface area contributed by atoms with Crippen LogP contribution >= 0.6 is 11.8 Å². The van der Waals surface area contributed by atoms with Crippen LogP contribution in [-0.4, -0.2) is 35.7 Å². The van der Waals surface area contributed by atoms with Crippen molar-refractivity contribution in [2.75, 3.05) is 24.5 Å². The zero-order valence-corrected chi connectivity index (χ0v) is 13.8. The molecule has 0 N–H and O–H groups in total. The fourth-order valence-electron chi connectivity index (χ4n) is 2.80. The van der Waals surface area contributed by atoms with Gasteiger partial charge in [-0.05, 0) is 30.7 Å². The molecule has 5 nitrogen and oxygen atoms in total. The molecule has 2 saturated heterocycles. The first-order valence-corrected chi connectivity index (χ1v) is 8.72. The molecule has 0 saturated carbocycles. The van der Waals surface area contributed by atoms with E-state index in [0.29, 0.717) is 10.7 Å². The summed E-state index contributed by atoms with van der Waals surface area (Å²) in [7, 11) is 0. The van der Waals surface area contributed by atoms with Crippen molar-refractivity contribution in [3.05, 3.63) is 35.5 Å². The summed E-state index contributed by atoms with van der Waals surface area (Å²) in [6, 6.07) is 3.78. The lowest BCUT2D eigenvalue weighted by atomic mass is 10.2. The third-order valence-electron chi connectivity index (χ3n) is 3.99. The van der Waals surface area contributed by atoms with Crippen LogP contribution in [-0.2, 0) is 4.79 Å². The number of carbonyl (C=O) groups excluding carboxylic acids is 2. The van der Waals surface area contributed by atoms with Gasteiger partial charge in [-0.3, -0.25) is 14.5 Å². The Hall–Kier alpha value is -1.95. The molecule has 0 radical (unpaired) electrons. The van der Waals surface area contributed by atoms with E-state index in [1.54, 1.807) is 12.2 Å². The predicted molar refractivity (Wildman–Crippen MR) is 92.3 cm³/mol. The molecule has 2 fully saturated rings. The van der Waals surface area contributed by atoms with Gasteiger partial charge in [0.05, 0.1) is 4.91 Å². The maximum atomic E-state index is 12.2. The molecule has 122 valence electrons. The number of thioether (sulfide) groups is 1. The van der Waals surface area contributed by atoms with E-state index in [2.05, 4.69) is 11.5 Å². The van der Waals surface area contributed by atoms with Crippen molar-refractivity contribution in [1.29, 1.82) is 0 Å². The summed E-state index contributed by atoms with van der Waals surface area (Å²) in [5.74, 6) is 1.16. The summed E-state index contributed by atoms with van der Waals surface area (Å²) in [6.07, 6.45) is 8.08. The maximum Gasteiger partial charge on any atom is 0.293 e. The molecule has 1 aromatic rings. The molecule has 3 rings (SSSR count). The Kier molecular flexibility index (Phi) is 4.91. The number of furan rings is 1. The molecule has 0 aromatic carbocycles. The van der Waals surface area contributed by atoms with E-state index in [4.69, 9.17) is 4.42 Å². The molecule has 0 spiro atoms. The van der Waals surface area contributed by atoms with E-state index >= 15 is 0 Å². The Morgan fingerprint density at radius 1 is 1.17 bits per heavy atom. The monoisotopic (exact) mass is 332 g/mol. The van der Waals surface area contributed by atoms with Gasteiger partial charge in [-0.2, -0.15) is 0 Å². The number of carbonyl (C=O) groups is 2. The SMILES string of the molecule is C=CCN1C(=O)S/C(=C/c2ccc(N3CCCCCC3)o2)C1=O. The molecular formula is C17H20N2O3S. The van der Waals surface area contributed by atoms with E-state index in [-0.39, 0.29) is 17.7 Å². The number of nitrogens with zero attached hydrogens (tertiary/aromatic N) is 2. The maximum absolute atomic E-state index is 12.2. The summed E-state index contributed by atoms with van der Waals surface area (Å²) in [4.78, 5) is 27.8. The third kappa shape index (κ3) is 3.52. The van der Waals surface area contributed by atoms with Gasteiger partial charge in [-0.1, -0.05) is 18.9 Å². The highest BCUT2D eigenvalue weighted by Crippen LogP contribution is 2.33. The number of rotatable bonds is 4. The highest BCUT2D eigenvalue weighted by atomic mass is 32.2. The highest BCUT2D eigenvalue weighted by Gasteiger charge is 2.34. The summed E-state index contributed by atoms with van der Waals surface area (Å²) >= 11 is 0.942. The van der Waals surface area contributed by atoms with Crippen molar-refractivity contribution in [1.82, 2.24) is 4.90 Å². The Morgan fingerprint density at radius 3 is 2.61 bits per heavy atom. The van der Waals surface area contributed by atoms with Crippen LogP contribution in [0.5, 0.6) is 0 Å². The molecule has 3 heterocycles. The molecule has 6 heteroatoms. The minimum absolute atomic E-state index is 0.235. The zero-order chi connectivity index (χ0) is 16.2. The minimum atomic E-state index is -0.285. The molecular weight excluding hydrogens is 312 g/mol. The zero-order valence-electron chi connectivity index (χ0n) is 13.0. The van der Waals surface area contributed by atoms with Gasteiger partial charge in [0.1, 0.15) is 5.76 Å². The molecule has 1 aromatic heterocycles. The standard InChI is InChI=1S/C17H20N2O3S/c1-2-9-19-16(20)14(23-17(19)21)12-13-7-8-15(22-13)18-10-5-3-4-6-11-18/h2,7-8,12H,1,3-6,9-11H2/b14-12+. The van der Waals surface area contributed by atoms with Gasteiger partial charge in [-0.15, -0.1) is 6.58 Å². The van der Waals surface area contributed by atoms with Crippen molar-refractivity contribution in [2.45, 2.75) is 25.7 Å². The van der Waals surface area contributed by atoms with Crippen molar-refractivity contribution >= 4 is 34.9 Å². The summed E-state index contributed by atoms with van der Waals surface area (Å²) in [5.41, 5.74) is 0. The molecule has 2 amide bonds. The van der Waals surface area contributed by atoms with E-state index in [1.165, 1.54) is 30.6 Å². The van der Waals surface area contributed by atoms with E-state index in [9.17, 15) is 9.59 Å². The molecule has 23 heavy (non-hydrogen) atoms. The first-order valence-electron chi connectivity index (χ1n) is 7.90. The van der Waals surface area contributed by atoms with Crippen LogP contribution in [0.2, 0.25) is 0 Å². The predicted octanol–water partition coefficient (Wildman–Crippen LogP) is 3.88. The lowest BCUT2D eigenvalue weighted by Crippen LogP contribution is -2.27. The molecule has 0 aliphatic carbocycles. The molecule has 0 unspecified atom stereocenters. The van der Waals surface area contributed by atoms with Crippen LogP contribution in [0, 0.1) is 0 Å².